The van der Waals surface area contributed by atoms with Crippen molar-refractivity contribution in [2.24, 2.45) is 0 Å². The van der Waals surface area contributed by atoms with Gasteiger partial charge in [0.25, 0.3) is 0 Å². The van der Waals surface area contributed by atoms with E-state index >= 15 is 0 Å². The molecule has 3 aromatic rings. The normalized spacial score (nSPS) is 11.6. The second kappa shape index (κ2) is 10.6. The molecule has 7 nitrogen and oxygen atoms in total. The fourth-order valence-corrected chi connectivity index (χ4v) is 3.97. The quantitative estimate of drug-likeness (QED) is 0.292. The van der Waals surface area contributed by atoms with E-state index in [0.717, 1.165) is 16.9 Å². The van der Waals surface area contributed by atoms with Gasteiger partial charge in [0.1, 0.15) is 5.75 Å². The summed E-state index contributed by atoms with van der Waals surface area (Å²) in [6.45, 7) is 7.78. The Bertz CT molecular complexity index is 1040. The highest BCUT2D eigenvalue weighted by molar-refractivity contribution is 9.11. The number of nitrogens with zero attached hydrogens (tertiary/aromatic N) is 6. The van der Waals surface area contributed by atoms with E-state index in [0.29, 0.717) is 10.8 Å². The molecule has 0 amide bonds. The lowest BCUT2D eigenvalue weighted by molar-refractivity contribution is -0.137. The molecule has 0 fully saturated rings. The van der Waals surface area contributed by atoms with Crippen molar-refractivity contribution >= 4 is 59.4 Å². The molecule has 0 unspecified atom stereocenters. The highest BCUT2D eigenvalue weighted by Gasteiger charge is 2.33. The van der Waals surface area contributed by atoms with Gasteiger partial charge in [-0.25, -0.2) is 9.36 Å². The van der Waals surface area contributed by atoms with Gasteiger partial charge in [0, 0.05) is 6.04 Å². The summed E-state index contributed by atoms with van der Waals surface area (Å²) >= 11 is 15.1. The van der Waals surface area contributed by atoms with Crippen LogP contribution in [0.15, 0.2) is 32.4 Å². The van der Waals surface area contributed by atoms with Crippen LogP contribution in [0, 0.1) is 0 Å². The van der Waals surface area contributed by atoms with Crippen molar-refractivity contribution in [1.29, 1.82) is 0 Å². The van der Waals surface area contributed by atoms with E-state index in [4.69, 9.17) is 16.3 Å². The summed E-state index contributed by atoms with van der Waals surface area (Å²) in [7, 11) is 0. The Morgan fingerprint density at radius 2 is 1.48 bits per heavy atom. The van der Waals surface area contributed by atoms with Crippen molar-refractivity contribution < 1.29 is 17.9 Å². The van der Waals surface area contributed by atoms with Gasteiger partial charge in [-0.2, -0.15) is 23.1 Å². The van der Waals surface area contributed by atoms with E-state index < -0.39 is 11.7 Å². The number of hydrogen-bond donors (Lipinski definition) is 0. The van der Waals surface area contributed by atoms with Crippen LogP contribution in [-0.2, 0) is 6.18 Å². The lowest BCUT2D eigenvalue weighted by Crippen LogP contribution is -2.07. The van der Waals surface area contributed by atoms with Crippen LogP contribution in [0.1, 0.15) is 45.3 Å². The Labute approximate surface area is 206 Å². The van der Waals surface area contributed by atoms with Crippen molar-refractivity contribution in [2.45, 2.75) is 46.0 Å². The molecule has 170 valence electrons. The smallest absolute Gasteiger partial charge is 0.417 e. The molecule has 1 aromatic carbocycles. The zero-order valence-corrected chi connectivity index (χ0v) is 22.1. The number of alkyl halides is 3. The lowest BCUT2D eigenvalue weighted by Gasteiger charge is -2.12. The zero-order valence-electron chi connectivity index (χ0n) is 16.6. The first kappa shape index (κ1) is 26.1. The van der Waals surface area contributed by atoms with Crippen LogP contribution in [0.3, 0.4) is 0 Å². The van der Waals surface area contributed by atoms with Crippen LogP contribution in [0.5, 0.6) is 11.8 Å². The average Bonchev–Trinajstić information content (AvgIpc) is 3.17. The number of hydrogen-bond acceptors (Lipinski definition) is 5. The monoisotopic (exact) mass is 650 g/mol. The summed E-state index contributed by atoms with van der Waals surface area (Å²) in [6.07, 6.45) is -4.55. The van der Waals surface area contributed by atoms with Crippen LogP contribution in [0.25, 0.3) is 0 Å². The summed E-state index contributed by atoms with van der Waals surface area (Å²) in [5.41, 5.74) is -0.962. The van der Waals surface area contributed by atoms with Gasteiger partial charge in [0.05, 0.1) is 16.6 Å². The standard InChI is InChI=1S/C12H10BrClF3N3O.C5H7Br2N3/c1-6(2)20-11(18-10(13)19-20)21-7-3-4-9(14)8(5-7)12(15,16)17;1-3(2)10-5(7)8-4(6)9-10/h3-6H,1-2H3;3H,1-2H3. The van der Waals surface area contributed by atoms with Gasteiger partial charge >= 0.3 is 12.2 Å². The third-order valence-electron chi connectivity index (χ3n) is 3.57. The Balaban J connectivity index is 0.000000285. The van der Waals surface area contributed by atoms with Crippen LogP contribution in [0.4, 0.5) is 13.2 Å². The van der Waals surface area contributed by atoms with Crippen LogP contribution >= 0.6 is 59.4 Å². The molecule has 0 saturated carbocycles. The second-order valence-corrected chi connectivity index (χ2v) is 9.17. The topological polar surface area (TPSA) is 70.7 Å². The third-order valence-corrected chi connectivity index (χ3v) is 5.11. The van der Waals surface area contributed by atoms with Gasteiger partial charge < -0.3 is 4.74 Å². The summed E-state index contributed by atoms with van der Waals surface area (Å²) in [4.78, 5) is 7.99. The summed E-state index contributed by atoms with van der Waals surface area (Å²) < 4.78 is 48.7. The molecule has 0 atom stereocenters. The Kier molecular flexibility index (Phi) is 8.94. The number of ether oxygens (including phenoxy) is 1. The molecule has 31 heavy (non-hydrogen) atoms. The Hall–Kier alpha value is -1.18. The van der Waals surface area contributed by atoms with Crippen molar-refractivity contribution in [3.05, 3.63) is 43.0 Å². The van der Waals surface area contributed by atoms with Crippen LogP contribution in [0.2, 0.25) is 5.02 Å². The lowest BCUT2D eigenvalue weighted by atomic mass is 10.2. The van der Waals surface area contributed by atoms with E-state index in [1.165, 1.54) is 10.7 Å². The van der Waals surface area contributed by atoms with E-state index in [1.54, 1.807) is 4.68 Å². The maximum Gasteiger partial charge on any atom is 0.417 e. The predicted molar refractivity (Wildman–Crippen MR) is 120 cm³/mol. The third kappa shape index (κ3) is 7.16. The van der Waals surface area contributed by atoms with E-state index in [1.807, 2.05) is 27.7 Å². The first-order chi connectivity index (χ1) is 14.3. The van der Waals surface area contributed by atoms with Crippen LogP contribution in [-0.4, -0.2) is 29.5 Å². The van der Waals surface area contributed by atoms with Gasteiger partial charge in [-0.15, -0.1) is 10.2 Å². The van der Waals surface area contributed by atoms with E-state index in [-0.39, 0.29) is 27.6 Å². The minimum Gasteiger partial charge on any atom is -0.424 e. The van der Waals surface area contributed by atoms with E-state index in [9.17, 15) is 13.2 Å². The van der Waals surface area contributed by atoms with Crippen molar-refractivity contribution in [3.8, 4) is 11.8 Å². The van der Waals surface area contributed by atoms with Crippen LogP contribution < -0.4 is 4.74 Å². The molecule has 2 aromatic heterocycles. The van der Waals surface area contributed by atoms with Gasteiger partial charge in [-0.05, 0) is 93.7 Å². The molecule has 0 N–H and O–H groups in total. The van der Waals surface area contributed by atoms with Gasteiger partial charge in [0.15, 0.2) is 4.73 Å². The van der Waals surface area contributed by atoms with E-state index in [2.05, 4.69) is 68.0 Å². The molecule has 0 aliphatic rings. The molecule has 0 aliphatic carbocycles. The molecule has 14 heteroatoms. The van der Waals surface area contributed by atoms with Gasteiger partial charge in [-0.1, -0.05) is 11.6 Å². The minimum absolute atomic E-state index is 0.0199. The number of benzene rings is 1. The minimum atomic E-state index is -4.55. The molecule has 2 heterocycles. The highest BCUT2D eigenvalue weighted by atomic mass is 79.9. The SMILES string of the molecule is CC(C)n1nc(Br)nc1Br.CC(C)n1nc(Br)nc1Oc1ccc(Cl)c(C(F)(F)F)c1. The zero-order chi connectivity index (χ0) is 23.5. The number of halogens is 7. The summed E-state index contributed by atoms with van der Waals surface area (Å²) in [6, 6.07) is 3.67. The fourth-order valence-electron chi connectivity index (χ4n) is 2.19. The molecule has 0 bridgehead atoms. The second-order valence-electron chi connectivity index (χ2n) is 6.63. The highest BCUT2D eigenvalue weighted by Crippen LogP contribution is 2.37. The summed E-state index contributed by atoms with van der Waals surface area (Å²) in [5.74, 6) is -0.0199. The fraction of sp³-hybridized carbons (Fsp3) is 0.412. The number of rotatable bonds is 4. The largest absolute Gasteiger partial charge is 0.424 e. The molecule has 0 saturated heterocycles. The first-order valence-corrected chi connectivity index (χ1v) is 11.5. The van der Waals surface area contributed by atoms with Crippen molar-refractivity contribution in [2.75, 3.05) is 0 Å². The summed E-state index contributed by atoms with van der Waals surface area (Å²) in [5, 5.41) is 7.74. The molecule has 0 spiro atoms. The molecule has 0 aliphatic heterocycles. The van der Waals surface area contributed by atoms with Crippen molar-refractivity contribution in [3.63, 3.8) is 0 Å². The number of aromatic nitrogens is 6. The average molecular weight is 654 g/mol. The molecule has 3 rings (SSSR count). The maximum absolute atomic E-state index is 12.8. The Morgan fingerprint density at radius 1 is 0.935 bits per heavy atom. The molecular weight excluding hydrogens is 636 g/mol. The Morgan fingerprint density at radius 3 is 1.94 bits per heavy atom. The first-order valence-electron chi connectivity index (χ1n) is 8.73. The van der Waals surface area contributed by atoms with Gasteiger partial charge in [-0.3, -0.25) is 0 Å². The van der Waals surface area contributed by atoms with Gasteiger partial charge in [0.2, 0.25) is 9.47 Å². The molecular formula is C17H17Br3ClF3N6O. The maximum atomic E-state index is 12.8. The molecule has 0 radical (unpaired) electrons. The predicted octanol–water partition coefficient (Wildman–Crippen LogP) is 7.47. The van der Waals surface area contributed by atoms with Crippen molar-refractivity contribution in [1.82, 2.24) is 29.5 Å².